The van der Waals surface area contributed by atoms with Gasteiger partial charge < -0.3 is 70.9 Å². The quantitative estimate of drug-likeness (QED) is 0.0627. The van der Waals surface area contributed by atoms with Crippen LogP contribution in [0.25, 0.3) is 10.6 Å². The molecule has 0 amide bonds. The van der Waals surface area contributed by atoms with E-state index in [9.17, 15) is 0 Å². The molecule has 0 saturated carbocycles. The van der Waals surface area contributed by atoms with Gasteiger partial charge in [0.1, 0.15) is 45.7 Å². The number of nitrogens with zero attached hydrogens (tertiary/aromatic N) is 10. The van der Waals surface area contributed by atoms with Gasteiger partial charge in [-0.3, -0.25) is 0 Å². The van der Waals surface area contributed by atoms with Gasteiger partial charge in [0, 0.05) is 0 Å². The van der Waals surface area contributed by atoms with Gasteiger partial charge in [-0.25, -0.2) is 0 Å². The first kappa shape index (κ1) is 62.8. The van der Waals surface area contributed by atoms with Gasteiger partial charge >= 0.3 is 33.6 Å². The number of piperidine rings is 2. The Bertz CT molecular complexity index is 789. The summed E-state index contributed by atoms with van der Waals surface area (Å²) in [6.07, 6.45) is 8.15. The van der Waals surface area contributed by atoms with Gasteiger partial charge in [0.2, 0.25) is 0 Å². The average Bonchev–Trinajstić information content (AvgIpc) is 3.18. The van der Waals surface area contributed by atoms with Crippen molar-refractivity contribution in [2.75, 3.05) is 39.4 Å². The van der Waals surface area contributed by atoms with E-state index in [0.717, 1.165) is 26.2 Å². The predicted molar refractivity (Wildman–Crippen MR) is 195 cm³/mol. The van der Waals surface area contributed by atoms with Crippen molar-refractivity contribution in [1.29, 1.82) is 0 Å². The van der Waals surface area contributed by atoms with Crippen LogP contribution in [-0.4, -0.2) is 127 Å². The van der Waals surface area contributed by atoms with Crippen LogP contribution in [0.4, 0.5) is 0 Å². The topological polar surface area (TPSA) is 298 Å². The van der Waals surface area contributed by atoms with E-state index in [1.165, 1.54) is 93.9 Å². The zero-order valence-corrected chi connectivity index (χ0v) is 33.1. The van der Waals surface area contributed by atoms with E-state index < -0.39 is 0 Å². The van der Waals surface area contributed by atoms with Crippen molar-refractivity contribution in [2.24, 2.45) is 41.2 Å². The smallest absolute Gasteiger partial charge is 0.662 e. The van der Waals surface area contributed by atoms with Gasteiger partial charge in [-0.05, 0) is 55.4 Å². The van der Waals surface area contributed by atoms with E-state index in [1.54, 1.807) is 0 Å². The SMILES string of the molecule is C1CC[N-]CC1.C1CC[N-]CC1.CC(=N\O)/C(C)=N/O.CC(=N\O)/C(C)=N/O.CC(=N\O)/C(C)=N/O.CC(=N\O)/C(C)=N/O.[CH2-]COC[CH2-].[Co+2].[Co+2]. The zero-order chi connectivity index (χ0) is 38.9. The Morgan fingerprint density at radius 2 is 0.549 bits per heavy atom. The van der Waals surface area contributed by atoms with Gasteiger partial charge in [0.25, 0.3) is 0 Å². The molecule has 2 rings (SSSR count). The minimum Gasteiger partial charge on any atom is -0.662 e. The molecule has 21 heteroatoms. The third-order valence-corrected chi connectivity index (χ3v) is 5.85. The third-order valence-electron chi connectivity index (χ3n) is 5.85. The van der Waals surface area contributed by atoms with Gasteiger partial charge in [0.15, 0.2) is 0 Å². The van der Waals surface area contributed by atoms with Crippen LogP contribution < -0.4 is 0 Å². The molecule has 2 saturated heterocycles. The Morgan fingerprint density at radius 3 is 0.588 bits per heavy atom. The molecule has 0 atom stereocenters. The van der Waals surface area contributed by atoms with Crippen molar-refractivity contribution >= 4 is 45.7 Å². The summed E-state index contributed by atoms with van der Waals surface area (Å²) in [6, 6.07) is 0. The van der Waals surface area contributed by atoms with E-state index >= 15 is 0 Å². The summed E-state index contributed by atoms with van der Waals surface area (Å²) in [5.41, 5.74) is 2.50. The molecule has 0 spiro atoms. The van der Waals surface area contributed by atoms with Crippen LogP contribution >= 0.6 is 0 Å². The maximum atomic E-state index is 8.03. The molecule has 2 heterocycles. The fraction of sp³-hybridized carbons (Fsp3) is 0.667. The fourth-order valence-electron chi connectivity index (χ4n) is 2.15. The number of ether oxygens (including phenoxy) is 1. The van der Waals surface area contributed by atoms with E-state index in [2.05, 4.69) is 70.5 Å². The average molecular weight is 823 g/mol. The largest absolute Gasteiger partial charge is 2.00 e. The van der Waals surface area contributed by atoms with Crippen LogP contribution in [0.3, 0.4) is 0 Å². The van der Waals surface area contributed by atoms with Crippen LogP contribution in [-0.2, 0) is 38.3 Å². The molecule has 51 heavy (non-hydrogen) atoms. The Hall–Kier alpha value is -3.35. The van der Waals surface area contributed by atoms with Crippen LogP contribution in [0.5, 0.6) is 0 Å². The van der Waals surface area contributed by atoms with Crippen LogP contribution in [0.2, 0.25) is 0 Å². The summed E-state index contributed by atoms with van der Waals surface area (Å²) in [5.74, 6) is 0. The summed E-state index contributed by atoms with van der Waals surface area (Å²) >= 11 is 0. The molecule has 2 fully saturated rings. The van der Waals surface area contributed by atoms with Gasteiger partial charge in [0.05, 0.1) is 0 Å². The second-order valence-electron chi connectivity index (χ2n) is 9.56. The maximum Gasteiger partial charge on any atom is 2.00 e. The number of oxime groups is 8. The molecular weight excluding hydrogens is 762 g/mol. The standard InChI is InChI=1S/2C5H10N.4C4H8N2O2.C4H8O.2Co/c2*1-2-4-6-5-3-1;4*1-3(5-7)4(2)6-8;1-3-5-4-2;;/h2*1-5H2;4*7-8H,1-2H3;1-4H2;;/q2*-1;;;;;-2;2*+2/b;;4*5-3+,6-4+;;;. The Labute approximate surface area is 323 Å². The summed E-state index contributed by atoms with van der Waals surface area (Å²) in [5, 5.41) is 94.9. The van der Waals surface area contributed by atoms with Crippen LogP contribution in [0, 0.1) is 13.8 Å². The molecule has 2 aliphatic rings. The molecular formula is C30H60Co2N10O9. The van der Waals surface area contributed by atoms with Gasteiger partial charge in [-0.2, -0.15) is 0 Å². The summed E-state index contributed by atoms with van der Waals surface area (Å²) in [6.45, 7) is 24.7. The zero-order valence-electron chi connectivity index (χ0n) is 31.0. The van der Waals surface area contributed by atoms with Crippen molar-refractivity contribution in [2.45, 2.75) is 93.9 Å². The van der Waals surface area contributed by atoms with Crippen LogP contribution in [0.15, 0.2) is 41.2 Å². The molecule has 2 radical (unpaired) electrons. The van der Waals surface area contributed by atoms with Gasteiger partial charge in [-0.15, -0.1) is 26.2 Å². The Balaban J connectivity index is -0.0000000884. The molecule has 0 aliphatic carbocycles. The molecule has 302 valence electrons. The minimum atomic E-state index is 0. The molecule has 0 bridgehead atoms. The third kappa shape index (κ3) is 51.1. The predicted octanol–water partition coefficient (Wildman–Crippen LogP) is 6.50. The van der Waals surface area contributed by atoms with Crippen molar-refractivity contribution in [3.05, 3.63) is 24.5 Å². The summed E-state index contributed by atoms with van der Waals surface area (Å²) < 4.78 is 4.61. The first-order valence-corrected chi connectivity index (χ1v) is 15.2. The van der Waals surface area contributed by atoms with E-state index in [0.29, 0.717) is 58.9 Å². The van der Waals surface area contributed by atoms with Crippen molar-refractivity contribution in [3.8, 4) is 0 Å². The van der Waals surface area contributed by atoms with Crippen molar-refractivity contribution in [1.82, 2.24) is 0 Å². The molecule has 8 N–H and O–H groups in total. The first-order valence-electron chi connectivity index (χ1n) is 15.2. The molecule has 19 nitrogen and oxygen atoms in total. The fourth-order valence-corrected chi connectivity index (χ4v) is 2.15. The Kier molecular flexibility index (Phi) is 62.8. The summed E-state index contributed by atoms with van der Waals surface area (Å²) in [4.78, 5) is 0. The number of rotatable bonds is 6. The molecule has 0 aromatic rings. The van der Waals surface area contributed by atoms with Crippen molar-refractivity contribution in [3.63, 3.8) is 0 Å². The minimum absolute atomic E-state index is 0. The van der Waals surface area contributed by atoms with Crippen LogP contribution in [0.1, 0.15) is 93.9 Å². The monoisotopic (exact) mass is 822 g/mol. The second-order valence-corrected chi connectivity index (χ2v) is 9.56. The normalized spacial score (nSPS) is 15.4. The van der Waals surface area contributed by atoms with E-state index in [4.69, 9.17) is 41.7 Å². The van der Waals surface area contributed by atoms with E-state index in [-0.39, 0.29) is 33.6 Å². The Morgan fingerprint density at radius 1 is 0.392 bits per heavy atom. The molecule has 0 unspecified atom stereocenters. The first-order chi connectivity index (χ1) is 23.3. The van der Waals surface area contributed by atoms with E-state index in [1.807, 2.05) is 0 Å². The number of hydrogen-bond donors (Lipinski definition) is 8. The summed E-state index contributed by atoms with van der Waals surface area (Å²) in [7, 11) is 0. The van der Waals surface area contributed by atoms with Gasteiger partial charge in [-0.1, -0.05) is 93.0 Å². The number of hydrogen-bond acceptors (Lipinski definition) is 17. The molecule has 2 aliphatic heterocycles. The van der Waals surface area contributed by atoms with Crippen molar-refractivity contribution < 1.29 is 80.0 Å². The maximum absolute atomic E-state index is 8.03. The molecule has 0 aromatic heterocycles. The second kappa shape index (κ2) is 51.0. The molecule has 0 aromatic carbocycles.